The molecule has 0 bridgehead atoms. The first-order valence-corrected chi connectivity index (χ1v) is 4.35. The van der Waals surface area contributed by atoms with Crippen molar-refractivity contribution in [3.05, 3.63) is 25.1 Å². The molecule has 2 nitrogen and oxygen atoms in total. The van der Waals surface area contributed by atoms with Crippen LogP contribution in [0.1, 0.15) is 26.7 Å². The maximum absolute atomic E-state index is 11.7. The molecule has 0 unspecified atom stereocenters. The van der Waals surface area contributed by atoms with E-state index in [2.05, 4.69) is 6.58 Å². The number of nitrogens with zero attached hydrogens (tertiary/aromatic N) is 1. The Labute approximate surface area is 73.6 Å². The van der Waals surface area contributed by atoms with E-state index < -0.39 is 0 Å². The quantitative estimate of drug-likeness (QED) is 0.628. The third-order valence-corrected chi connectivity index (χ3v) is 2.67. The van der Waals surface area contributed by atoms with Gasteiger partial charge in [0.05, 0.1) is 5.41 Å². The molecule has 0 aromatic heterocycles. The van der Waals surface area contributed by atoms with Crippen LogP contribution in [0.25, 0.3) is 0 Å². The molecular weight excluding hydrogens is 150 g/mol. The third-order valence-electron chi connectivity index (χ3n) is 2.67. The Balaban J connectivity index is 2.90. The molecule has 0 aromatic carbocycles. The highest BCUT2D eigenvalue weighted by atomic mass is 16.2. The van der Waals surface area contributed by atoms with Crippen LogP contribution in [0, 0.1) is 5.41 Å². The Morgan fingerprint density at radius 2 is 2.17 bits per heavy atom. The van der Waals surface area contributed by atoms with Gasteiger partial charge >= 0.3 is 0 Å². The van der Waals surface area contributed by atoms with Crippen molar-refractivity contribution in [3.8, 4) is 0 Å². The van der Waals surface area contributed by atoms with Gasteiger partial charge in [0.2, 0.25) is 5.91 Å². The van der Waals surface area contributed by atoms with Crippen LogP contribution in [-0.2, 0) is 4.79 Å². The van der Waals surface area contributed by atoms with Crippen molar-refractivity contribution in [1.29, 1.82) is 0 Å². The van der Waals surface area contributed by atoms with E-state index in [0.717, 1.165) is 12.8 Å². The van der Waals surface area contributed by atoms with E-state index in [9.17, 15) is 4.79 Å². The van der Waals surface area contributed by atoms with Crippen LogP contribution in [0.2, 0.25) is 0 Å². The van der Waals surface area contributed by atoms with E-state index in [1.165, 1.54) is 0 Å². The molecule has 0 saturated carbocycles. The molecule has 1 aliphatic rings. The average Bonchev–Trinajstić information content (AvgIpc) is 2.43. The van der Waals surface area contributed by atoms with Crippen molar-refractivity contribution >= 4 is 5.91 Å². The van der Waals surface area contributed by atoms with Crippen molar-refractivity contribution in [2.24, 2.45) is 5.41 Å². The van der Waals surface area contributed by atoms with Crippen LogP contribution in [0.3, 0.4) is 0 Å². The Morgan fingerprint density at radius 3 is 2.42 bits per heavy atom. The van der Waals surface area contributed by atoms with E-state index in [-0.39, 0.29) is 11.3 Å². The van der Waals surface area contributed by atoms with Gasteiger partial charge in [0, 0.05) is 12.4 Å². The van der Waals surface area contributed by atoms with Gasteiger partial charge in [0.25, 0.3) is 0 Å². The molecule has 1 rings (SSSR count). The second-order valence-corrected chi connectivity index (χ2v) is 3.07. The molecule has 66 valence electrons. The first-order chi connectivity index (χ1) is 5.70. The lowest BCUT2D eigenvalue weighted by Gasteiger charge is -2.23. The van der Waals surface area contributed by atoms with E-state index in [0.29, 0.717) is 0 Å². The van der Waals surface area contributed by atoms with Crippen LogP contribution >= 0.6 is 0 Å². The fraction of sp³-hybridized carbons (Fsp3) is 0.500. The van der Waals surface area contributed by atoms with E-state index in [4.69, 9.17) is 0 Å². The average molecular weight is 165 g/mol. The molecule has 1 heterocycles. The van der Waals surface area contributed by atoms with Gasteiger partial charge in [0.1, 0.15) is 0 Å². The van der Waals surface area contributed by atoms with Crippen molar-refractivity contribution in [1.82, 2.24) is 4.90 Å². The van der Waals surface area contributed by atoms with Gasteiger partial charge in [-0.2, -0.15) is 0 Å². The summed E-state index contributed by atoms with van der Waals surface area (Å²) >= 11 is 0. The molecule has 1 aliphatic heterocycles. The maximum Gasteiger partial charge on any atom is 0.240 e. The standard InChI is InChI=1S/C10H15NO/c1-4-10(5-2)7-8-11(6-3)9(10)12/h6-8H,3-5H2,1-2H3. The van der Waals surface area contributed by atoms with Gasteiger partial charge in [-0.1, -0.05) is 26.5 Å². The second kappa shape index (κ2) is 3.13. The Hall–Kier alpha value is -1.05. The largest absolute Gasteiger partial charge is 0.295 e. The fourth-order valence-electron chi connectivity index (χ4n) is 1.55. The monoisotopic (exact) mass is 165 g/mol. The molecule has 0 aromatic rings. The molecule has 0 saturated heterocycles. The summed E-state index contributed by atoms with van der Waals surface area (Å²) in [5.41, 5.74) is -0.256. The predicted octanol–water partition coefficient (Wildman–Crippen LogP) is 2.29. The molecule has 1 amide bonds. The van der Waals surface area contributed by atoms with Crippen molar-refractivity contribution in [3.63, 3.8) is 0 Å². The molecule has 0 spiro atoms. The molecule has 0 aliphatic carbocycles. The van der Waals surface area contributed by atoms with Crippen LogP contribution in [-0.4, -0.2) is 10.8 Å². The lowest BCUT2D eigenvalue weighted by Crippen LogP contribution is -2.31. The zero-order valence-electron chi connectivity index (χ0n) is 7.71. The molecule has 0 N–H and O–H groups in total. The SMILES string of the molecule is C=CN1C=CC(CC)(CC)C1=O. The predicted molar refractivity (Wildman–Crippen MR) is 49.2 cm³/mol. The van der Waals surface area contributed by atoms with Gasteiger partial charge in [0.15, 0.2) is 0 Å². The zero-order chi connectivity index (χ0) is 9.19. The smallest absolute Gasteiger partial charge is 0.240 e. The lowest BCUT2D eigenvalue weighted by atomic mass is 9.83. The minimum Gasteiger partial charge on any atom is -0.295 e. The van der Waals surface area contributed by atoms with Gasteiger partial charge in [-0.25, -0.2) is 0 Å². The number of hydrogen-bond donors (Lipinski definition) is 0. The highest BCUT2D eigenvalue weighted by molar-refractivity contribution is 5.88. The van der Waals surface area contributed by atoms with Crippen molar-refractivity contribution in [2.75, 3.05) is 0 Å². The number of carbonyl (C=O) groups is 1. The molecule has 12 heavy (non-hydrogen) atoms. The zero-order valence-corrected chi connectivity index (χ0v) is 7.71. The normalized spacial score (nSPS) is 20.2. The van der Waals surface area contributed by atoms with Gasteiger partial charge in [-0.05, 0) is 12.8 Å². The number of hydrogen-bond acceptors (Lipinski definition) is 1. The van der Waals surface area contributed by atoms with Crippen LogP contribution in [0.5, 0.6) is 0 Å². The fourth-order valence-corrected chi connectivity index (χ4v) is 1.55. The molecule has 0 atom stereocenters. The molecule has 0 radical (unpaired) electrons. The second-order valence-electron chi connectivity index (χ2n) is 3.07. The van der Waals surface area contributed by atoms with E-state index in [1.807, 2.05) is 26.1 Å². The minimum atomic E-state index is -0.256. The molecule has 0 fully saturated rings. The number of rotatable bonds is 3. The summed E-state index contributed by atoms with van der Waals surface area (Å²) in [7, 11) is 0. The molecular formula is C10H15NO. The summed E-state index contributed by atoms with van der Waals surface area (Å²) in [4.78, 5) is 13.3. The minimum absolute atomic E-state index is 0.155. The van der Waals surface area contributed by atoms with Gasteiger partial charge < -0.3 is 0 Å². The first-order valence-electron chi connectivity index (χ1n) is 4.35. The van der Waals surface area contributed by atoms with Crippen LogP contribution in [0.4, 0.5) is 0 Å². The van der Waals surface area contributed by atoms with Crippen molar-refractivity contribution in [2.45, 2.75) is 26.7 Å². The molecule has 2 heteroatoms. The summed E-state index contributed by atoms with van der Waals surface area (Å²) < 4.78 is 0. The highest BCUT2D eigenvalue weighted by Crippen LogP contribution is 2.35. The van der Waals surface area contributed by atoms with Gasteiger partial charge in [-0.3, -0.25) is 9.69 Å². The summed E-state index contributed by atoms with van der Waals surface area (Å²) in [6.45, 7) is 7.66. The van der Waals surface area contributed by atoms with Crippen LogP contribution in [0.15, 0.2) is 25.1 Å². The summed E-state index contributed by atoms with van der Waals surface area (Å²) in [5.74, 6) is 0.155. The first kappa shape index (κ1) is 9.04. The lowest BCUT2D eigenvalue weighted by molar-refractivity contribution is -0.133. The number of carbonyl (C=O) groups excluding carboxylic acids is 1. The third kappa shape index (κ3) is 1.07. The van der Waals surface area contributed by atoms with E-state index >= 15 is 0 Å². The topological polar surface area (TPSA) is 20.3 Å². The van der Waals surface area contributed by atoms with Crippen molar-refractivity contribution < 1.29 is 4.79 Å². The summed E-state index contributed by atoms with van der Waals surface area (Å²) in [5, 5.41) is 0. The van der Waals surface area contributed by atoms with Gasteiger partial charge in [-0.15, -0.1) is 0 Å². The Morgan fingerprint density at radius 1 is 1.58 bits per heavy atom. The van der Waals surface area contributed by atoms with E-state index in [1.54, 1.807) is 11.1 Å². The maximum atomic E-state index is 11.7. The van der Waals surface area contributed by atoms with Crippen LogP contribution < -0.4 is 0 Å². The Kier molecular flexibility index (Phi) is 2.36. The highest BCUT2D eigenvalue weighted by Gasteiger charge is 2.38. The Bertz CT molecular complexity index is 226. The summed E-state index contributed by atoms with van der Waals surface area (Å²) in [6.07, 6.45) is 7.08. The number of amides is 1. The summed E-state index contributed by atoms with van der Waals surface area (Å²) in [6, 6.07) is 0.